The zero-order valence-corrected chi connectivity index (χ0v) is 34.9. The first-order valence-corrected chi connectivity index (χ1v) is 20.8. The van der Waals surface area contributed by atoms with E-state index >= 15 is 0 Å². The summed E-state index contributed by atoms with van der Waals surface area (Å²) in [5.41, 5.74) is 2.93. The molecule has 1 aliphatic carbocycles. The molecule has 3 aromatic rings. The minimum Gasteiger partial charge on any atom is -0.489 e. The van der Waals surface area contributed by atoms with Gasteiger partial charge in [0.15, 0.2) is 0 Å². The second kappa shape index (κ2) is 15.0. The molecule has 0 spiro atoms. The number of nitrogens with zero attached hydrogens (tertiary/aromatic N) is 5. The minimum absolute atomic E-state index is 0.0858. The van der Waals surface area contributed by atoms with Crippen LogP contribution in [0.2, 0.25) is 5.02 Å². The summed E-state index contributed by atoms with van der Waals surface area (Å²) in [6, 6.07) is 19.2. The lowest BCUT2D eigenvalue weighted by Gasteiger charge is -2.63. The van der Waals surface area contributed by atoms with Gasteiger partial charge in [-0.1, -0.05) is 46.2 Å². The van der Waals surface area contributed by atoms with Gasteiger partial charge in [0.25, 0.3) is 17.7 Å². The van der Waals surface area contributed by atoms with Crippen LogP contribution < -0.4 is 25.2 Å². The van der Waals surface area contributed by atoms with Gasteiger partial charge in [-0.25, -0.2) is 0 Å². The Morgan fingerprint density at radius 3 is 2.17 bits per heavy atom. The number of hydrogen-bond donors (Lipinski definition) is 2. The van der Waals surface area contributed by atoms with Crippen LogP contribution in [0, 0.1) is 27.6 Å². The lowest BCUT2D eigenvalue weighted by Crippen LogP contribution is -2.74. The second-order valence-electron chi connectivity index (χ2n) is 18.0. The van der Waals surface area contributed by atoms with Crippen molar-refractivity contribution in [2.75, 3.05) is 55.6 Å². The van der Waals surface area contributed by atoms with Crippen LogP contribution in [-0.4, -0.2) is 103 Å². The quantitative estimate of drug-likeness (QED) is 0.259. The molecule has 4 fully saturated rings. The molecule has 0 bridgehead atoms. The fourth-order valence-electron chi connectivity index (χ4n) is 10.3. The highest BCUT2D eigenvalue weighted by Crippen LogP contribution is 2.55. The molecule has 1 saturated carbocycles. The van der Waals surface area contributed by atoms with Crippen LogP contribution in [0.4, 0.5) is 11.4 Å². The first-order chi connectivity index (χ1) is 28.0. The number of rotatable bonds is 10. The van der Waals surface area contributed by atoms with Gasteiger partial charge in [-0.3, -0.25) is 39.1 Å². The lowest BCUT2D eigenvalue weighted by atomic mass is 9.49. The normalized spacial score (nSPS) is 24.4. The third-order valence-electron chi connectivity index (χ3n) is 13.4. The molecule has 4 heterocycles. The highest BCUT2D eigenvalue weighted by molar-refractivity contribution is 6.31. The second-order valence-corrected chi connectivity index (χ2v) is 18.4. The summed E-state index contributed by atoms with van der Waals surface area (Å²) in [4.78, 5) is 72.4. The maximum atomic E-state index is 13.5. The molecule has 308 valence electrons. The first-order valence-electron chi connectivity index (χ1n) is 20.4. The highest BCUT2D eigenvalue weighted by Gasteiger charge is 2.64. The Hall–Kier alpha value is -5.45. The smallest absolute Gasteiger partial charge is 0.262 e. The number of ether oxygens (including phenoxy) is 1. The van der Waals surface area contributed by atoms with Crippen molar-refractivity contribution >= 4 is 52.5 Å². The highest BCUT2D eigenvalue weighted by atomic mass is 35.5. The zero-order valence-electron chi connectivity index (χ0n) is 34.1. The molecule has 3 saturated heterocycles. The SMILES string of the molecule is CCC1(CN2CCN(c3ccc(C(=O)N[C@H]4C(C)(C)[C@H](Oc5ccc(C#N)c(Cl)c5)C4(C)C)cc3)CC2)CN(c2ccc3c(c2)C(=O)N(C2CCC(=O)NC2=O)C3=O)C1. The Bertz CT molecular complexity index is 2260. The molecule has 5 aliphatic rings. The van der Waals surface area contributed by atoms with E-state index in [1.54, 1.807) is 30.3 Å². The predicted molar refractivity (Wildman–Crippen MR) is 223 cm³/mol. The van der Waals surface area contributed by atoms with E-state index in [2.05, 4.69) is 66.0 Å². The molecule has 59 heavy (non-hydrogen) atoms. The van der Waals surface area contributed by atoms with Crippen LogP contribution in [-0.2, 0) is 9.59 Å². The molecule has 2 N–H and O–H groups in total. The summed E-state index contributed by atoms with van der Waals surface area (Å²) in [6.07, 6.45) is 1.04. The summed E-state index contributed by atoms with van der Waals surface area (Å²) in [5.74, 6) is -1.53. The molecule has 13 nitrogen and oxygen atoms in total. The van der Waals surface area contributed by atoms with Gasteiger partial charge in [-0.15, -0.1) is 0 Å². The van der Waals surface area contributed by atoms with Crippen molar-refractivity contribution in [3.05, 3.63) is 87.9 Å². The molecule has 4 aliphatic heterocycles. The number of fused-ring (bicyclic) bond motifs is 1. The number of anilines is 2. The molecule has 0 aromatic heterocycles. The maximum Gasteiger partial charge on any atom is 0.262 e. The van der Waals surface area contributed by atoms with E-state index in [0.717, 1.165) is 68.5 Å². The lowest BCUT2D eigenvalue weighted by molar-refractivity contribution is -0.164. The molecule has 1 unspecified atom stereocenters. The first kappa shape index (κ1) is 40.3. The molecule has 3 aromatic carbocycles. The molecule has 5 amide bonds. The number of imide groups is 2. The standard InChI is InChI=1S/C45H50ClN7O6/c1-6-45(25-52(26-45)30-12-14-32-33(21-30)40(58)53(39(32)57)35-15-16-36(54)48-38(35)56)24-50-17-19-51(20-18-50)29-10-7-27(8-11-29)37(55)49-41-43(2,3)42(44(41,4)5)59-31-13-9-28(23-47)34(46)22-31/h7-14,21-22,35,41-42H,6,15-20,24-26H2,1-5H3,(H,49,55)(H,48,54,56)/t35?,41-,42-. The number of hydrogen-bond acceptors (Lipinski definition) is 10. The van der Waals surface area contributed by atoms with Gasteiger partial charge in [-0.2, -0.15) is 5.26 Å². The summed E-state index contributed by atoms with van der Waals surface area (Å²) < 4.78 is 6.38. The Labute approximate surface area is 349 Å². The van der Waals surface area contributed by atoms with Gasteiger partial charge in [0.2, 0.25) is 11.8 Å². The number of carbonyl (C=O) groups is 5. The fourth-order valence-corrected chi connectivity index (χ4v) is 10.5. The van der Waals surface area contributed by atoms with Crippen molar-refractivity contribution in [2.24, 2.45) is 16.2 Å². The zero-order chi connectivity index (χ0) is 42.0. The fraction of sp³-hybridized carbons (Fsp3) is 0.467. The van der Waals surface area contributed by atoms with Crippen LogP contribution in [0.25, 0.3) is 0 Å². The largest absolute Gasteiger partial charge is 0.489 e. The molecular weight excluding hydrogens is 770 g/mol. The third-order valence-corrected chi connectivity index (χ3v) is 13.8. The number of nitriles is 1. The van der Waals surface area contributed by atoms with Crippen LogP contribution in [0.1, 0.15) is 90.5 Å². The molecule has 0 radical (unpaired) electrons. The molecule has 1 atom stereocenters. The van der Waals surface area contributed by atoms with Gasteiger partial charge in [0.1, 0.15) is 24.0 Å². The average molecular weight is 820 g/mol. The maximum absolute atomic E-state index is 13.5. The monoisotopic (exact) mass is 819 g/mol. The van der Waals surface area contributed by atoms with Gasteiger partial charge < -0.3 is 19.9 Å². The predicted octanol–water partition coefficient (Wildman–Crippen LogP) is 5.26. The Balaban J connectivity index is 0.822. The number of amides is 5. The Kier molecular flexibility index (Phi) is 10.2. The number of halogens is 1. The van der Waals surface area contributed by atoms with E-state index in [-0.39, 0.29) is 52.7 Å². The van der Waals surface area contributed by atoms with E-state index in [9.17, 15) is 29.2 Å². The van der Waals surface area contributed by atoms with Gasteiger partial charge >= 0.3 is 0 Å². The molecule has 14 heteroatoms. The number of benzene rings is 3. The Morgan fingerprint density at radius 1 is 0.881 bits per heavy atom. The van der Waals surface area contributed by atoms with Crippen molar-refractivity contribution < 1.29 is 28.7 Å². The number of piperazine rings is 1. The number of carbonyl (C=O) groups excluding carboxylic acids is 5. The van der Waals surface area contributed by atoms with E-state index in [0.29, 0.717) is 27.5 Å². The van der Waals surface area contributed by atoms with Crippen LogP contribution in [0.15, 0.2) is 60.7 Å². The van der Waals surface area contributed by atoms with Gasteiger partial charge in [0, 0.05) is 97.5 Å². The summed E-state index contributed by atoms with van der Waals surface area (Å²) in [6.45, 7) is 16.8. The van der Waals surface area contributed by atoms with Gasteiger partial charge in [0.05, 0.1) is 21.7 Å². The van der Waals surface area contributed by atoms with Crippen LogP contribution in [0.5, 0.6) is 5.75 Å². The minimum atomic E-state index is -0.982. The summed E-state index contributed by atoms with van der Waals surface area (Å²) in [7, 11) is 0. The van der Waals surface area contributed by atoms with Crippen molar-refractivity contribution in [3.63, 3.8) is 0 Å². The number of piperidine rings is 1. The van der Waals surface area contributed by atoms with E-state index in [1.165, 1.54) is 0 Å². The van der Waals surface area contributed by atoms with Crippen LogP contribution >= 0.6 is 11.6 Å². The summed E-state index contributed by atoms with van der Waals surface area (Å²) in [5, 5.41) is 15.1. The Morgan fingerprint density at radius 2 is 1.54 bits per heavy atom. The molecular formula is C45H50ClN7O6. The van der Waals surface area contributed by atoms with E-state index in [1.807, 2.05) is 30.3 Å². The summed E-state index contributed by atoms with van der Waals surface area (Å²) >= 11 is 6.25. The van der Waals surface area contributed by atoms with E-state index < -0.39 is 29.7 Å². The van der Waals surface area contributed by atoms with Crippen molar-refractivity contribution in [1.29, 1.82) is 5.26 Å². The van der Waals surface area contributed by atoms with Crippen molar-refractivity contribution in [3.8, 4) is 11.8 Å². The van der Waals surface area contributed by atoms with Crippen molar-refractivity contribution in [1.82, 2.24) is 20.4 Å². The van der Waals surface area contributed by atoms with Gasteiger partial charge in [-0.05, 0) is 67.4 Å². The number of nitrogens with one attached hydrogen (secondary N) is 2. The average Bonchev–Trinajstić information content (AvgIpc) is 3.45. The third kappa shape index (κ3) is 7.10. The van der Waals surface area contributed by atoms with Crippen LogP contribution in [0.3, 0.4) is 0 Å². The topological polar surface area (TPSA) is 155 Å². The molecule has 8 rings (SSSR count). The van der Waals surface area contributed by atoms with Crippen molar-refractivity contribution in [2.45, 2.75) is 72.1 Å². The van der Waals surface area contributed by atoms with E-state index in [4.69, 9.17) is 16.3 Å².